The number of nitrogens with zero attached hydrogens (tertiary/aromatic N) is 1. The lowest BCUT2D eigenvalue weighted by molar-refractivity contribution is -0.123. The Balaban J connectivity index is 2.58. The molecule has 5 heteroatoms. The van der Waals surface area contributed by atoms with Crippen molar-refractivity contribution in [3.8, 4) is 0 Å². The first-order valence-electron chi connectivity index (χ1n) is 5.06. The van der Waals surface area contributed by atoms with E-state index in [2.05, 4.69) is 15.6 Å². The third-order valence-corrected chi connectivity index (χ3v) is 3.19. The number of hydrogen-bond donors (Lipinski definition) is 2. The van der Waals surface area contributed by atoms with Crippen molar-refractivity contribution >= 4 is 17.2 Å². The molecule has 0 aliphatic carbocycles. The Bertz CT molecular complexity index is 300. The van der Waals surface area contributed by atoms with Crippen LogP contribution in [0.2, 0.25) is 0 Å². The van der Waals surface area contributed by atoms with Gasteiger partial charge in [-0.2, -0.15) is 0 Å². The van der Waals surface area contributed by atoms with Crippen molar-refractivity contribution in [2.45, 2.75) is 32.4 Å². The van der Waals surface area contributed by atoms with Crippen LogP contribution in [0.3, 0.4) is 0 Å². The van der Waals surface area contributed by atoms with Gasteiger partial charge in [0.05, 0.1) is 12.1 Å². The molecule has 2 N–H and O–H groups in total. The monoisotopic (exact) mass is 227 g/mol. The number of carbonyl (C=O) groups excluding carboxylic acids is 1. The second kappa shape index (κ2) is 5.82. The standard InChI is InChI=1S/C10H17N3OS/c1-4-8(10-12-5-6-15-10)13-9(14)7(2)11-3/h5-8,11H,4H2,1-3H3,(H,13,14). The lowest BCUT2D eigenvalue weighted by Crippen LogP contribution is -2.41. The largest absolute Gasteiger partial charge is 0.346 e. The molecule has 1 amide bonds. The van der Waals surface area contributed by atoms with Gasteiger partial charge >= 0.3 is 0 Å². The van der Waals surface area contributed by atoms with Crippen LogP contribution in [0.25, 0.3) is 0 Å². The first-order chi connectivity index (χ1) is 7.19. The molecular formula is C10H17N3OS. The molecule has 0 aromatic carbocycles. The normalized spacial score (nSPS) is 14.6. The van der Waals surface area contributed by atoms with Crippen LogP contribution >= 0.6 is 11.3 Å². The molecule has 0 bridgehead atoms. The Morgan fingerprint density at radius 3 is 2.87 bits per heavy atom. The first kappa shape index (κ1) is 12.1. The summed E-state index contributed by atoms with van der Waals surface area (Å²) in [6.45, 7) is 3.88. The minimum atomic E-state index is -0.168. The van der Waals surface area contributed by atoms with Crippen molar-refractivity contribution in [3.63, 3.8) is 0 Å². The molecule has 0 saturated heterocycles. The van der Waals surface area contributed by atoms with Crippen molar-refractivity contribution < 1.29 is 4.79 Å². The molecular weight excluding hydrogens is 210 g/mol. The van der Waals surface area contributed by atoms with Crippen molar-refractivity contribution in [1.82, 2.24) is 15.6 Å². The lowest BCUT2D eigenvalue weighted by Gasteiger charge is -2.17. The second-order valence-corrected chi connectivity index (χ2v) is 4.28. The van der Waals surface area contributed by atoms with E-state index < -0.39 is 0 Å². The maximum atomic E-state index is 11.6. The van der Waals surface area contributed by atoms with Gasteiger partial charge in [-0.3, -0.25) is 4.79 Å². The fourth-order valence-electron chi connectivity index (χ4n) is 1.17. The zero-order valence-corrected chi connectivity index (χ0v) is 10.1. The van der Waals surface area contributed by atoms with Gasteiger partial charge < -0.3 is 10.6 Å². The van der Waals surface area contributed by atoms with Crippen LogP contribution in [-0.4, -0.2) is 24.0 Å². The zero-order valence-electron chi connectivity index (χ0n) is 9.28. The molecule has 2 unspecified atom stereocenters. The minimum absolute atomic E-state index is 0.0135. The predicted octanol–water partition coefficient (Wildman–Crippen LogP) is 1.32. The predicted molar refractivity (Wildman–Crippen MR) is 61.8 cm³/mol. The van der Waals surface area contributed by atoms with Gasteiger partial charge in [0, 0.05) is 11.6 Å². The van der Waals surface area contributed by atoms with E-state index in [1.807, 2.05) is 19.2 Å². The van der Waals surface area contributed by atoms with Gasteiger partial charge in [-0.05, 0) is 20.4 Å². The van der Waals surface area contributed by atoms with E-state index in [1.54, 1.807) is 24.6 Å². The fourth-order valence-corrected chi connectivity index (χ4v) is 1.95. The lowest BCUT2D eigenvalue weighted by atomic mass is 10.2. The summed E-state index contributed by atoms with van der Waals surface area (Å²) in [6, 6.07) is -0.132. The van der Waals surface area contributed by atoms with Crippen molar-refractivity contribution in [2.75, 3.05) is 7.05 Å². The summed E-state index contributed by atoms with van der Waals surface area (Å²) in [4.78, 5) is 15.9. The number of likely N-dealkylation sites (N-methyl/N-ethyl adjacent to an activating group) is 1. The Morgan fingerprint density at radius 1 is 1.67 bits per heavy atom. The van der Waals surface area contributed by atoms with Gasteiger partial charge in [-0.15, -0.1) is 11.3 Å². The molecule has 15 heavy (non-hydrogen) atoms. The summed E-state index contributed by atoms with van der Waals surface area (Å²) >= 11 is 1.57. The maximum absolute atomic E-state index is 11.6. The Hall–Kier alpha value is -0.940. The number of rotatable bonds is 5. The SMILES string of the molecule is CCC(NC(=O)C(C)NC)c1nccs1. The molecule has 1 aromatic heterocycles. The van der Waals surface area contributed by atoms with Gasteiger partial charge in [0.2, 0.25) is 5.91 Å². The van der Waals surface area contributed by atoms with E-state index in [4.69, 9.17) is 0 Å². The van der Waals surface area contributed by atoms with Crippen LogP contribution in [0.5, 0.6) is 0 Å². The molecule has 0 spiro atoms. The van der Waals surface area contributed by atoms with Crippen molar-refractivity contribution in [3.05, 3.63) is 16.6 Å². The van der Waals surface area contributed by atoms with Gasteiger partial charge in [0.1, 0.15) is 5.01 Å². The molecule has 0 aliphatic heterocycles. The van der Waals surface area contributed by atoms with Crippen LogP contribution in [0, 0.1) is 0 Å². The number of nitrogens with one attached hydrogen (secondary N) is 2. The minimum Gasteiger partial charge on any atom is -0.346 e. The van der Waals surface area contributed by atoms with Crippen LogP contribution < -0.4 is 10.6 Å². The molecule has 0 fully saturated rings. The highest BCUT2D eigenvalue weighted by Gasteiger charge is 2.17. The topological polar surface area (TPSA) is 54.0 Å². The summed E-state index contributed by atoms with van der Waals surface area (Å²) in [7, 11) is 1.77. The molecule has 1 rings (SSSR count). The third-order valence-electron chi connectivity index (χ3n) is 2.30. The van der Waals surface area contributed by atoms with Gasteiger partial charge in [-0.25, -0.2) is 4.98 Å². The van der Waals surface area contributed by atoms with E-state index in [0.717, 1.165) is 11.4 Å². The first-order valence-corrected chi connectivity index (χ1v) is 5.94. The third kappa shape index (κ3) is 3.28. The van der Waals surface area contributed by atoms with Crippen LogP contribution in [-0.2, 0) is 4.79 Å². The van der Waals surface area contributed by atoms with Crippen molar-refractivity contribution in [2.24, 2.45) is 0 Å². The fraction of sp³-hybridized carbons (Fsp3) is 0.600. The molecule has 84 valence electrons. The smallest absolute Gasteiger partial charge is 0.237 e. The summed E-state index contributed by atoms with van der Waals surface area (Å²) in [6.07, 6.45) is 2.62. The highest BCUT2D eigenvalue weighted by molar-refractivity contribution is 7.09. The highest BCUT2D eigenvalue weighted by Crippen LogP contribution is 2.18. The second-order valence-electron chi connectivity index (χ2n) is 3.35. The van der Waals surface area contributed by atoms with Gasteiger partial charge in [-0.1, -0.05) is 6.92 Å². The van der Waals surface area contributed by atoms with E-state index in [0.29, 0.717) is 0 Å². The summed E-state index contributed by atoms with van der Waals surface area (Å²) < 4.78 is 0. The number of hydrogen-bond acceptors (Lipinski definition) is 4. The maximum Gasteiger partial charge on any atom is 0.237 e. The molecule has 2 atom stereocenters. The molecule has 0 aliphatic rings. The molecule has 0 radical (unpaired) electrons. The average molecular weight is 227 g/mol. The number of thiazole rings is 1. The number of carbonyl (C=O) groups is 1. The number of amides is 1. The van der Waals surface area contributed by atoms with E-state index in [1.165, 1.54) is 0 Å². The van der Waals surface area contributed by atoms with Gasteiger partial charge in [0.15, 0.2) is 0 Å². The average Bonchev–Trinajstić information content (AvgIpc) is 2.77. The molecule has 1 heterocycles. The molecule has 1 aromatic rings. The Labute approximate surface area is 94.1 Å². The summed E-state index contributed by atoms with van der Waals surface area (Å²) in [5, 5.41) is 8.77. The van der Waals surface area contributed by atoms with Crippen molar-refractivity contribution in [1.29, 1.82) is 0 Å². The zero-order chi connectivity index (χ0) is 11.3. The summed E-state index contributed by atoms with van der Waals surface area (Å²) in [5.41, 5.74) is 0. The summed E-state index contributed by atoms with van der Waals surface area (Å²) in [5.74, 6) is 0.0135. The van der Waals surface area contributed by atoms with E-state index in [-0.39, 0.29) is 18.0 Å². The molecule has 4 nitrogen and oxygen atoms in total. The van der Waals surface area contributed by atoms with Gasteiger partial charge in [0.25, 0.3) is 0 Å². The van der Waals surface area contributed by atoms with Crippen LogP contribution in [0.4, 0.5) is 0 Å². The number of aromatic nitrogens is 1. The highest BCUT2D eigenvalue weighted by atomic mass is 32.1. The van der Waals surface area contributed by atoms with E-state index in [9.17, 15) is 4.79 Å². The van der Waals surface area contributed by atoms with Crippen LogP contribution in [0.15, 0.2) is 11.6 Å². The molecule has 0 saturated carbocycles. The Morgan fingerprint density at radius 2 is 2.40 bits per heavy atom. The van der Waals surface area contributed by atoms with E-state index >= 15 is 0 Å². The van der Waals surface area contributed by atoms with Crippen LogP contribution in [0.1, 0.15) is 31.3 Å². The Kier molecular flexibility index (Phi) is 4.71. The quantitative estimate of drug-likeness (QED) is 0.797.